The Morgan fingerprint density at radius 1 is 1.05 bits per heavy atom. The van der Waals surface area contributed by atoms with Gasteiger partial charge >= 0.3 is 0 Å². The van der Waals surface area contributed by atoms with E-state index in [0.29, 0.717) is 11.6 Å². The van der Waals surface area contributed by atoms with E-state index >= 15 is 0 Å². The van der Waals surface area contributed by atoms with Gasteiger partial charge in [0, 0.05) is 17.1 Å². The van der Waals surface area contributed by atoms with Gasteiger partial charge in [-0.05, 0) is 36.9 Å². The molecule has 1 aromatic heterocycles. The van der Waals surface area contributed by atoms with E-state index < -0.39 is 0 Å². The summed E-state index contributed by atoms with van der Waals surface area (Å²) < 4.78 is 2.12. The van der Waals surface area contributed by atoms with Crippen molar-refractivity contribution < 1.29 is 0 Å². The molecule has 0 unspecified atom stereocenters. The molecule has 0 aliphatic rings. The van der Waals surface area contributed by atoms with Crippen molar-refractivity contribution in [3.05, 3.63) is 59.4 Å². The van der Waals surface area contributed by atoms with Crippen LogP contribution in [0.4, 0.5) is 0 Å². The Labute approximate surface area is 140 Å². The minimum Gasteiger partial charge on any atom is -0.330 e. The predicted molar refractivity (Wildman–Crippen MR) is 93.3 cm³/mol. The number of fused-ring (bicyclic) bond motifs is 1. The average molecular weight is 345 g/mol. The largest absolute Gasteiger partial charge is 0.330 e. The molecular weight excluding hydrogens is 329 g/mol. The number of nitrogens with two attached hydrogens (primary N) is 1. The molecule has 2 N–H and O–H groups in total. The lowest BCUT2D eigenvalue weighted by atomic mass is 10.2. The summed E-state index contributed by atoms with van der Waals surface area (Å²) in [4.78, 5) is 4.65. The zero-order valence-electron chi connectivity index (χ0n) is 11.2. The number of hydrogen-bond acceptors (Lipinski definition) is 2. The van der Waals surface area contributed by atoms with E-state index in [0.717, 1.165) is 29.0 Å². The molecule has 0 saturated carbocycles. The van der Waals surface area contributed by atoms with Crippen molar-refractivity contribution in [2.75, 3.05) is 6.54 Å². The van der Waals surface area contributed by atoms with Crippen LogP contribution in [0.1, 0.15) is 5.82 Å². The molecule has 0 saturated heterocycles. The molecule has 3 nitrogen and oxygen atoms in total. The van der Waals surface area contributed by atoms with E-state index in [9.17, 15) is 0 Å². The highest BCUT2D eigenvalue weighted by molar-refractivity contribution is 6.30. The van der Waals surface area contributed by atoms with Gasteiger partial charge in [-0.2, -0.15) is 0 Å². The van der Waals surface area contributed by atoms with Crippen LogP contribution in [0.5, 0.6) is 0 Å². The minimum atomic E-state index is 0. The maximum atomic E-state index is 6.08. The molecule has 0 amide bonds. The Kier molecular flexibility index (Phi) is 6.49. The molecule has 3 rings (SSSR count). The predicted octanol–water partition coefficient (Wildman–Crippen LogP) is 4.02. The van der Waals surface area contributed by atoms with Gasteiger partial charge in [-0.25, -0.2) is 4.98 Å². The number of hydrogen-bond donors (Lipinski definition) is 1. The SMILES string of the molecule is Cl.Cl.NCCc1nc2ccccc2n1-c1cccc(Cl)c1. The summed E-state index contributed by atoms with van der Waals surface area (Å²) in [5, 5.41) is 0.717. The minimum absolute atomic E-state index is 0. The Balaban J connectivity index is 0.00000110. The molecular formula is C15H16Cl3N3. The van der Waals surface area contributed by atoms with Crippen LogP contribution in [0.3, 0.4) is 0 Å². The number of nitrogens with zero attached hydrogens (tertiary/aromatic N) is 2. The standard InChI is InChI=1S/C15H14ClN3.2ClH/c16-11-4-3-5-12(10-11)19-14-7-2-1-6-13(14)18-15(19)8-9-17;;/h1-7,10H,8-9,17H2;2*1H. The van der Waals surface area contributed by atoms with E-state index in [1.54, 1.807) is 0 Å². The van der Waals surface area contributed by atoms with Crippen LogP contribution in [0.15, 0.2) is 48.5 Å². The number of rotatable bonds is 3. The fourth-order valence-corrected chi connectivity index (χ4v) is 2.46. The van der Waals surface area contributed by atoms with Gasteiger partial charge in [0.2, 0.25) is 0 Å². The Bertz CT molecular complexity index is 725. The van der Waals surface area contributed by atoms with Gasteiger partial charge in [0.1, 0.15) is 5.82 Å². The molecule has 0 fully saturated rings. The molecule has 0 aliphatic carbocycles. The highest BCUT2D eigenvalue weighted by Gasteiger charge is 2.11. The average Bonchev–Trinajstić information content (AvgIpc) is 2.77. The maximum Gasteiger partial charge on any atom is 0.115 e. The third-order valence-corrected chi connectivity index (χ3v) is 3.30. The van der Waals surface area contributed by atoms with Crippen molar-refractivity contribution in [1.29, 1.82) is 0 Å². The summed E-state index contributed by atoms with van der Waals surface area (Å²) in [5.74, 6) is 0.964. The van der Waals surface area contributed by atoms with Gasteiger partial charge in [0.05, 0.1) is 11.0 Å². The molecule has 0 radical (unpaired) electrons. The lowest BCUT2D eigenvalue weighted by molar-refractivity contribution is 0.848. The summed E-state index contributed by atoms with van der Waals surface area (Å²) >= 11 is 6.08. The Morgan fingerprint density at radius 2 is 1.81 bits per heavy atom. The van der Waals surface area contributed by atoms with Gasteiger partial charge in [0.25, 0.3) is 0 Å². The van der Waals surface area contributed by atoms with Gasteiger partial charge in [0.15, 0.2) is 0 Å². The summed E-state index contributed by atoms with van der Waals surface area (Å²) in [6.45, 7) is 0.573. The number of benzene rings is 2. The highest BCUT2D eigenvalue weighted by atomic mass is 35.5. The molecule has 2 aromatic carbocycles. The summed E-state index contributed by atoms with van der Waals surface area (Å²) in [6, 6.07) is 15.8. The fourth-order valence-electron chi connectivity index (χ4n) is 2.28. The van der Waals surface area contributed by atoms with Gasteiger partial charge in [-0.1, -0.05) is 29.8 Å². The lowest BCUT2D eigenvalue weighted by Crippen LogP contribution is -2.08. The van der Waals surface area contributed by atoms with E-state index in [1.165, 1.54) is 0 Å². The molecule has 0 atom stereocenters. The van der Waals surface area contributed by atoms with Crippen molar-refractivity contribution in [1.82, 2.24) is 9.55 Å². The monoisotopic (exact) mass is 343 g/mol. The second-order valence-corrected chi connectivity index (χ2v) is 4.81. The molecule has 112 valence electrons. The van der Waals surface area contributed by atoms with Gasteiger partial charge < -0.3 is 5.73 Å². The van der Waals surface area contributed by atoms with Crippen molar-refractivity contribution in [2.24, 2.45) is 5.73 Å². The first-order valence-corrected chi connectivity index (χ1v) is 6.60. The van der Waals surface area contributed by atoms with Crippen molar-refractivity contribution >= 4 is 47.4 Å². The molecule has 3 aromatic rings. The molecule has 0 aliphatic heterocycles. The van der Waals surface area contributed by atoms with Crippen LogP contribution in [0.2, 0.25) is 5.02 Å². The summed E-state index contributed by atoms with van der Waals surface area (Å²) in [7, 11) is 0. The normalized spacial score (nSPS) is 10.0. The van der Waals surface area contributed by atoms with Crippen molar-refractivity contribution in [2.45, 2.75) is 6.42 Å². The topological polar surface area (TPSA) is 43.8 Å². The van der Waals surface area contributed by atoms with Gasteiger partial charge in [-0.3, -0.25) is 4.57 Å². The Morgan fingerprint density at radius 3 is 2.52 bits per heavy atom. The van der Waals surface area contributed by atoms with Crippen LogP contribution in [0, 0.1) is 0 Å². The molecule has 1 heterocycles. The number of aromatic nitrogens is 2. The number of para-hydroxylation sites is 2. The van der Waals surface area contributed by atoms with Gasteiger partial charge in [-0.15, -0.1) is 24.8 Å². The van der Waals surface area contributed by atoms with E-state index in [1.807, 2.05) is 42.5 Å². The van der Waals surface area contributed by atoms with Crippen molar-refractivity contribution in [3.63, 3.8) is 0 Å². The van der Waals surface area contributed by atoms with Crippen molar-refractivity contribution in [3.8, 4) is 5.69 Å². The third-order valence-electron chi connectivity index (χ3n) is 3.06. The Hall–Kier alpha value is -1.26. The van der Waals surface area contributed by atoms with Crippen LogP contribution < -0.4 is 5.73 Å². The lowest BCUT2D eigenvalue weighted by Gasteiger charge is -2.09. The van der Waals surface area contributed by atoms with E-state index in [2.05, 4.69) is 15.6 Å². The highest BCUT2D eigenvalue weighted by Crippen LogP contribution is 2.23. The first-order valence-electron chi connectivity index (χ1n) is 6.22. The smallest absolute Gasteiger partial charge is 0.115 e. The molecule has 21 heavy (non-hydrogen) atoms. The molecule has 6 heteroatoms. The van der Waals surface area contributed by atoms with E-state index in [-0.39, 0.29) is 24.8 Å². The maximum absolute atomic E-state index is 6.08. The van der Waals surface area contributed by atoms with Crippen LogP contribution in [0.25, 0.3) is 16.7 Å². The quantitative estimate of drug-likeness (QED) is 0.779. The third kappa shape index (κ3) is 3.50. The van der Waals surface area contributed by atoms with E-state index in [4.69, 9.17) is 17.3 Å². The number of imidazole rings is 1. The first-order chi connectivity index (χ1) is 9.29. The molecule has 0 bridgehead atoms. The first kappa shape index (κ1) is 17.8. The second kappa shape index (κ2) is 7.66. The zero-order valence-corrected chi connectivity index (χ0v) is 13.6. The fraction of sp³-hybridized carbons (Fsp3) is 0.133. The summed E-state index contributed by atoms with van der Waals surface area (Å²) in [6.07, 6.45) is 0.737. The van der Waals surface area contributed by atoms with Crippen LogP contribution >= 0.6 is 36.4 Å². The van der Waals surface area contributed by atoms with Crippen LogP contribution in [-0.4, -0.2) is 16.1 Å². The zero-order chi connectivity index (χ0) is 13.2. The number of halogens is 3. The summed E-state index contributed by atoms with van der Waals surface area (Å²) in [5.41, 5.74) is 8.75. The van der Waals surface area contributed by atoms with Crippen LogP contribution in [-0.2, 0) is 6.42 Å². The second-order valence-electron chi connectivity index (χ2n) is 4.37. The molecule has 0 spiro atoms.